The van der Waals surface area contributed by atoms with Gasteiger partial charge in [-0.2, -0.15) is 4.98 Å². The van der Waals surface area contributed by atoms with E-state index in [1.807, 2.05) is 18.2 Å². The summed E-state index contributed by atoms with van der Waals surface area (Å²) in [4.78, 5) is 6.93. The van der Waals surface area contributed by atoms with E-state index in [1.165, 1.54) is 5.56 Å². The van der Waals surface area contributed by atoms with Crippen LogP contribution in [-0.4, -0.2) is 34.7 Å². The first kappa shape index (κ1) is 19.2. The Morgan fingerprint density at radius 1 is 1.38 bits per heavy atom. The highest BCUT2D eigenvalue weighted by Crippen LogP contribution is 2.26. The summed E-state index contributed by atoms with van der Waals surface area (Å²) in [6, 6.07) is 8.31. The fourth-order valence-electron chi connectivity index (χ4n) is 2.78. The zero-order chi connectivity index (χ0) is 16.4. The van der Waals surface area contributed by atoms with E-state index in [-0.39, 0.29) is 23.9 Å². The maximum atomic E-state index is 6.15. The molecular weight excluding hydrogens is 347 g/mol. The standard InChI is InChI=1S/C17H23ClN4O.ClH/c1-17(2,3)16-20-15(21-23-16)11-22-8-7-19-10-14(22)12-5-4-6-13(18)9-12;/h4-6,9,14,19H,7-8,10-11H2,1-3H3;1H. The Balaban J connectivity index is 0.00000208. The minimum absolute atomic E-state index is 0. The number of rotatable bonds is 3. The normalized spacial score (nSPS) is 19.1. The van der Waals surface area contributed by atoms with Gasteiger partial charge in [0, 0.05) is 36.1 Å². The molecule has 7 heteroatoms. The van der Waals surface area contributed by atoms with E-state index in [2.05, 4.69) is 47.2 Å². The molecular formula is C17H24Cl2N4O. The maximum absolute atomic E-state index is 6.15. The molecule has 1 atom stereocenters. The Hall–Kier alpha value is -1.14. The van der Waals surface area contributed by atoms with Crippen molar-refractivity contribution in [1.29, 1.82) is 0 Å². The number of benzene rings is 1. The molecule has 1 aromatic carbocycles. The van der Waals surface area contributed by atoms with Gasteiger partial charge in [-0.3, -0.25) is 4.90 Å². The molecule has 1 unspecified atom stereocenters. The summed E-state index contributed by atoms with van der Waals surface area (Å²) < 4.78 is 5.41. The Labute approximate surface area is 154 Å². The van der Waals surface area contributed by atoms with Crippen LogP contribution < -0.4 is 5.32 Å². The summed E-state index contributed by atoms with van der Waals surface area (Å²) in [5.41, 5.74) is 1.09. The molecule has 1 aromatic heterocycles. The Morgan fingerprint density at radius 3 is 2.83 bits per heavy atom. The molecule has 1 saturated heterocycles. The zero-order valence-corrected chi connectivity index (χ0v) is 15.8. The van der Waals surface area contributed by atoms with Crippen LogP contribution in [-0.2, 0) is 12.0 Å². The number of hydrogen-bond donors (Lipinski definition) is 1. The van der Waals surface area contributed by atoms with Crippen molar-refractivity contribution in [2.45, 2.75) is 38.8 Å². The van der Waals surface area contributed by atoms with Crippen LogP contribution in [0.4, 0.5) is 0 Å². The molecule has 132 valence electrons. The van der Waals surface area contributed by atoms with E-state index in [9.17, 15) is 0 Å². The van der Waals surface area contributed by atoms with E-state index in [1.54, 1.807) is 0 Å². The second kappa shape index (κ2) is 7.83. The lowest BCUT2D eigenvalue weighted by atomic mass is 9.97. The average Bonchev–Trinajstić information content (AvgIpc) is 2.96. The van der Waals surface area contributed by atoms with Gasteiger partial charge >= 0.3 is 0 Å². The van der Waals surface area contributed by atoms with Crippen molar-refractivity contribution in [2.24, 2.45) is 0 Å². The molecule has 2 aromatic rings. The Bertz CT molecular complexity index is 669. The second-order valence-electron chi connectivity index (χ2n) is 7.01. The molecule has 0 bridgehead atoms. The van der Waals surface area contributed by atoms with Crippen LogP contribution in [0, 0.1) is 0 Å². The SMILES string of the molecule is CC(C)(C)c1nc(CN2CCNCC2c2cccc(Cl)c2)no1.Cl. The van der Waals surface area contributed by atoms with E-state index >= 15 is 0 Å². The van der Waals surface area contributed by atoms with E-state index < -0.39 is 0 Å². The third kappa shape index (κ3) is 4.48. The number of nitrogens with one attached hydrogen (secondary N) is 1. The topological polar surface area (TPSA) is 54.2 Å². The molecule has 5 nitrogen and oxygen atoms in total. The van der Waals surface area contributed by atoms with E-state index in [0.29, 0.717) is 12.4 Å². The van der Waals surface area contributed by atoms with Crippen LogP contribution in [0.3, 0.4) is 0 Å². The van der Waals surface area contributed by atoms with E-state index in [4.69, 9.17) is 16.1 Å². The van der Waals surface area contributed by atoms with E-state index in [0.717, 1.165) is 30.5 Å². The number of halogens is 2. The summed E-state index contributed by atoms with van der Waals surface area (Å²) in [6.07, 6.45) is 0. The quantitative estimate of drug-likeness (QED) is 0.894. The molecule has 0 aliphatic carbocycles. The first-order chi connectivity index (χ1) is 10.9. The van der Waals surface area contributed by atoms with Gasteiger partial charge in [0.05, 0.1) is 6.54 Å². The van der Waals surface area contributed by atoms with Crippen LogP contribution in [0.5, 0.6) is 0 Å². The molecule has 3 rings (SSSR count). The van der Waals surface area contributed by atoms with Crippen LogP contribution in [0.15, 0.2) is 28.8 Å². The van der Waals surface area contributed by atoms with Crippen molar-refractivity contribution in [2.75, 3.05) is 19.6 Å². The molecule has 1 N–H and O–H groups in total. The first-order valence-electron chi connectivity index (χ1n) is 7.97. The molecule has 24 heavy (non-hydrogen) atoms. The average molecular weight is 371 g/mol. The zero-order valence-electron chi connectivity index (χ0n) is 14.3. The maximum Gasteiger partial charge on any atom is 0.232 e. The van der Waals surface area contributed by atoms with Crippen molar-refractivity contribution in [1.82, 2.24) is 20.4 Å². The van der Waals surface area contributed by atoms with Crippen LogP contribution in [0.1, 0.15) is 44.1 Å². The summed E-state index contributed by atoms with van der Waals surface area (Å²) in [5.74, 6) is 1.42. The smallest absolute Gasteiger partial charge is 0.232 e. The third-order valence-corrected chi connectivity index (χ3v) is 4.28. The van der Waals surface area contributed by atoms with Crippen LogP contribution in [0.2, 0.25) is 5.02 Å². The predicted molar refractivity (Wildman–Crippen MR) is 97.7 cm³/mol. The van der Waals surface area contributed by atoms with Gasteiger partial charge in [-0.25, -0.2) is 0 Å². The highest BCUT2D eigenvalue weighted by molar-refractivity contribution is 6.30. The lowest BCUT2D eigenvalue weighted by Crippen LogP contribution is -2.45. The first-order valence-corrected chi connectivity index (χ1v) is 8.34. The number of nitrogens with zero attached hydrogens (tertiary/aromatic N) is 3. The minimum atomic E-state index is -0.124. The minimum Gasteiger partial charge on any atom is -0.339 e. The lowest BCUT2D eigenvalue weighted by Gasteiger charge is -2.35. The van der Waals surface area contributed by atoms with Gasteiger partial charge in [-0.05, 0) is 17.7 Å². The molecule has 0 radical (unpaired) electrons. The molecule has 1 fully saturated rings. The number of piperazine rings is 1. The molecule has 2 heterocycles. The molecule has 0 saturated carbocycles. The molecule has 0 spiro atoms. The number of aromatic nitrogens is 2. The van der Waals surface area contributed by atoms with Gasteiger partial charge in [-0.15, -0.1) is 12.4 Å². The largest absolute Gasteiger partial charge is 0.339 e. The Kier molecular flexibility index (Phi) is 6.26. The fraction of sp³-hybridized carbons (Fsp3) is 0.529. The monoisotopic (exact) mass is 370 g/mol. The van der Waals surface area contributed by atoms with Crippen molar-refractivity contribution in [3.63, 3.8) is 0 Å². The van der Waals surface area contributed by atoms with Crippen LogP contribution >= 0.6 is 24.0 Å². The van der Waals surface area contributed by atoms with Crippen molar-refractivity contribution in [3.05, 3.63) is 46.6 Å². The van der Waals surface area contributed by atoms with Gasteiger partial charge < -0.3 is 9.84 Å². The molecule has 1 aliphatic heterocycles. The lowest BCUT2D eigenvalue weighted by molar-refractivity contribution is 0.148. The molecule has 0 amide bonds. The Morgan fingerprint density at radius 2 is 2.17 bits per heavy atom. The van der Waals surface area contributed by atoms with Gasteiger partial charge in [-0.1, -0.05) is 49.7 Å². The fourth-order valence-corrected chi connectivity index (χ4v) is 2.98. The van der Waals surface area contributed by atoms with Gasteiger partial charge in [0.2, 0.25) is 5.89 Å². The van der Waals surface area contributed by atoms with Crippen molar-refractivity contribution >= 4 is 24.0 Å². The predicted octanol–water partition coefficient (Wildman–Crippen LogP) is 3.59. The van der Waals surface area contributed by atoms with Gasteiger partial charge in [0.25, 0.3) is 0 Å². The highest BCUT2D eigenvalue weighted by Gasteiger charge is 2.27. The summed E-state index contributed by atoms with van der Waals surface area (Å²) in [7, 11) is 0. The highest BCUT2D eigenvalue weighted by atomic mass is 35.5. The van der Waals surface area contributed by atoms with Crippen molar-refractivity contribution in [3.8, 4) is 0 Å². The van der Waals surface area contributed by atoms with Gasteiger partial charge in [0.1, 0.15) is 0 Å². The molecule has 1 aliphatic rings. The van der Waals surface area contributed by atoms with Crippen LogP contribution in [0.25, 0.3) is 0 Å². The third-order valence-electron chi connectivity index (χ3n) is 4.04. The summed E-state index contributed by atoms with van der Waals surface area (Å²) >= 11 is 6.15. The summed E-state index contributed by atoms with van der Waals surface area (Å²) in [5, 5.41) is 8.36. The van der Waals surface area contributed by atoms with Crippen molar-refractivity contribution < 1.29 is 4.52 Å². The number of hydrogen-bond acceptors (Lipinski definition) is 5. The van der Waals surface area contributed by atoms with Gasteiger partial charge in [0.15, 0.2) is 5.82 Å². The summed E-state index contributed by atoms with van der Waals surface area (Å²) in [6.45, 7) is 9.69. The second-order valence-corrected chi connectivity index (χ2v) is 7.45.